The molecule has 5 heterocycles. The van der Waals surface area contributed by atoms with Crippen LogP contribution in [0.5, 0.6) is 0 Å². The first-order valence-corrected chi connectivity index (χ1v) is 11.1. The molecule has 2 N–H and O–H groups in total. The van der Waals surface area contributed by atoms with Gasteiger partial charge in [-0.2, -0.15) is 5.10 Å². The summed E-state index contributed by atoms with van der Waals surface area (Å²) in [6, 6.07) is 3.75. The molecule has 0 spiro atoms. The van der Waals surface area contributed by atoms with Crippen molar-refractivity contribution in [2.45, 2.75) is 51.4 Å². The van der Waals surface area contributed by atoms with Gasteiger partial charge in [0.05, 0.1) is 23.3 Å². The van der Waals surface area contributed by atoms with Crippen molar-refractivity contribution in [2.24, 2.45) is 0 Å². The molecule has 0 aliphatic carbocycles. The minimum absolute atomic E-state index is 0.0489. The Balaban J connectivity index is 1.30. The van der Waals surface area contributed by atoms with Gasteiger partial charge < -0.3 is 15.1 Å². The highest BCUT2D eigenvalue weighted by atomic mass is 35.5. The van der Waals surface area contributed by atoms with Crippen LogP contribution in [0.3, 0.4) is 0 Å². The Hall–Kier alpha value is -2.65. The van der Waals surface area contributed by atoms with Crippen LogP contribution in [0.1, 0.15) is 54.5 Å². The zero-order chi connectivity index (χ0) is 21.7. The van der Waals surface area contributed by atoms with Gasteiger partial charge in [-0.3, -0.25) is 14.8 Å². The number of nitrogens with one attached hydrogen (secondary N) is 2. The summed E-state index contributed by atoms with van der Waals surface area (Å²) in [7, 11) is 0. The van der Waals surface area contributed by atoms with Crippen molar-refractivity contribution in [3.05, 3.63) is 40.3 Å². The molecule has 3 aliphatic rings. The number of urea groups is 1. The van der Waals surface area contributed by atoms with Gasteiger partial charge in [0, 0.05) is 36.9 Å². The summed E-state index contributed by atoms with van der Waals surface area (Å²) < 4.78 is 0. The van der Waals surface area contributed by atoms with Crippen molar-refractivity contribution in [3.8, 4) is 0 Å². The summed E-state index contributed by atoms with van der Waals surface area (Å²) in [5.41, 5.74) is 1.96. The van der Waals surface area contributed by atoms with Crippen LogP contribution in [-0.2, 0) is 6.54 Å². The van der Waals surface area contributed by atoms with Crippen molar-refractivity contribution in [2.75, 3.05) is 25.0 Å². The number of halogens is 1. The number of aromatic nitrogens is 3. The highest BCUT2D eigenvalue weighted by Gasteiger charge is 2.42. The number of hydrogen-bond acceptors (Lipinski definition) is 5. The number of carbonyl (C=O) groups is 2. The molecule has 0 bridgehead atoms. The Labute approximate surface area is 185 Å². The molecular weight excluding hydrogens is 418 g/mol. The molecule has 3 atom stereocenters. The van der Waals surface area contributed by atoms with Gasteiger partial charge in [0.1, 0.15) is 5.69 Å². The number of aromatic amines is 1. The Morgan fingerprint density at radius 3 is 2.84 bits per heavy atom. The summed E-state index contributed by atoms with van der Waals surface area (Å²) in [6.07, 6.45) is 3.80. The fourth-order valence-electron chi connectivity index (χ4n) is 4.98. The van der Waals surface area contributed by atoms with Crippen molar-refractivity contribution >= 4 is 29.4 Å². The largest absolute Gasteiger partial charge is 0.321 e. The standard InChI is InChI=1S/C21H26ClN7O2/c1-12-9-27-7-3-4-15(27)10-28(12)21(31)29-11-16-18(13(29)2)25-26-19(16)24-20(30)17-6-5-14(22)8-23-17/h5-6,8,12-13,15H,3-4,7,9-11H2,1-2H3,(H2,24,25,26,30)/t12-,13?,15?/m0/s1. The SMILES string of the molecule is CC1c2[nH]nc(NC(=O)c3ccc(Cl)cn3)c2CN1C(=O)N1CC2CCCN2C[C@@H]1C. The number of piperazine rings is 1. The fourth-order valence-corrected chi connectivity index (χ4v) is 5.10. The molecule has 0 aromatic carbocycles. The second-order valence-corrected chi connectivity index (χ2v) is 9.10. The third-order valence-corrected chi connectivity index (χ3v) is 6.96. The van der Waals surface area contributed by atoms with E-state index in [1.165, 1.54) is 12.6 Å². The quantitative estimate of drug-likeness (QED) is 0.743. The van der Waals surface area contributed by atoms with E-state index in [1.54, 1.807) is 12.1 Å². The van der Waals surface area contributed by atoms with Gasteiger partial charge in [0.15, 0.2) is 5.82 Å². The van der Waals surface area contributed by atoms with Crippen molar-refractivity contribution < 1.29 is 9.59 Å². The number of anilines is 1. The van der Waals surface area contributed by atoms with Crippen molar-refractivity contribution in [3.63, 3.8) is 0 Å². The van der Waals surface area contributed by atoms with Crippen LogP contribution in [0.4, 0.5) is 10.6 Å². The lowest BCUT2D eigenvalue weighted by Crippen LogP contribution is -2.59. The van der Waals surface area contributed by atoms with E-state index in [1.807, 2.05) is 16.7 Å². The normalized spacial score (nSPS) is 25.5. The van der Waals surface area contributed by atoms with E-state index in [0.29, 0.717) is 23.4 Å². The average molecular weight is 444 g/mol. The predicted octanol–water partition coefficient (Wildman–Crippen LogP) is 2.88. The van der Waals surface area contributed by atoms with Crippen LogP contribution in [0.25, 0.3) is 0 Å². The smallest absolute Gasteiger partial charge is 0.319 e. The Morgan fingerprint density at radius 2 is 2.06 bits per heavy atom. The van der Waals surface area contributed by atoms with E-state index in [0.717, 1.165) is 37.3 Å². The molecule has 9 nitrogen and oxygen atoms in total. The van der Waals surface area contributed by atoms with Crippen LogP contribution in [0, 0.1) is 0 Å². The molecule has 164 valence electrons. The molecule has 2 aromatic rings. The zero-order valence-electron chi connectivity index (χ0n) is 17.6. The third-order valence-electron chi connectivity index (χ3n) is 6.73. The molecule has 0 radical (unpaired) electrons. The summed E-state index contributed by atoms with van der Waals surface area (Å²) in [4.78, 5) is 36.4. The van der Waals surface area contributed by atoms with E-state index in [4.69, 9.17) is 11.6 Å². The topological polar surface area (TPSA) is 97.5 Å². The maximum Gasteiger partial charge on any atom is 0.321 e. The number of carbonyl (C=O) groups excluding carboxylic acids is 2. The summed E-state index contributed by atoms with van der Waals surface area (Å²) in [5, 5.41) is 10.6. The van der Waals surface area contributed by atoms with Crippen LogP contribution < -0.4 is 5.32 Å². The van der Waals surface area contributed by atoms with Crippen molar-refractivity contribution in [1.82, 2.24) is 29.9 Å². The second-order valence-electron chi connectivity index (χ2n) is 8.66. The molecule has 31 heavy (non-hydrogen) atoms. The molecule has 2 fully saturated rings. The van der Waals surface area contributed by atoms with Crippen LogP contribution >= 0.6 is 11.6 Å². The van der Waals surface area contributed by atoms with Crippen LogP contribution in [-0.4, -0.2) is 73.5 Å². The molecule has 3 amide bonds. The zero-order valence-corrected chi connectivity index (χ0v) is 18.4. The maximum absolute atomic E-state index is 13.5. The maximum atomic E-state index is 13.5. The minimum atomic E-state index is -0.366. The average Bonchev–Trinajstić information content (AvgIpc) is 3.44. The van der Waals surface area contributed by atoms with Gasteiger partial charge >= 0.3 is 6.03 Å². The Bertz CT molecular complexity index is 1010. The number of rotatable bonds is 2. The molecular formula is C21H26ClN7O2. The van der Waals surface area contributed by atoms with Crippen LogP contribution in [0.15, 0.2) is 18.3 Å². The van der Waals surface area contributed by atoms with E-state index < -0.39 is 0 Å². The second kappa shape index (κ2) is 7.80. The molecule has 5 rings (SSSR count). The monoisotopic (exact) mass is 443 g/mol. The molecule has 2 saturated heterocycles. The number of nitrogens with zero attached hydrogens (tertiary/aromatic N) is 5. The lowest BCUT2D eigenvalue weighted by molar-refractivity contribution is 0.0580. The van der Waals surface area contributed by atoms with E-state index in [9.17, 15) is 9.59 Å². The van der Waals surface area contributed by atoms with Gasteiger partial charge in [0.25, 0.3) is 5.91 Å². The molecule has 0 saturated carbocycles. The fraction of sp³-hybridized carbons (Fsp3) is 0.524. The van der Waals surface area contributed by atoms with Gasteiger partial charge in [0.2, 0.25) is 0 Å². The van der Waals surface area contributed by atoms with E-state index in [2.05, 4.69) is 32.3 Å². The van der Waals surface area contributed by atoms with Crippen molar-refractivity contribution in [1.29, 1.82) is 0 Å². The third kappa shape index (κ3) is 3.55. The first-order valence-electron chi connectivity index (χ1n) is 10.7. The highest BCUT2D eigenvalue weighted by molar-refractivity contribution is 6.30. The first-order chi connectivity index (χ1) is 14.9. The minimum Gasteiger partial charge on any atom is -0.319 e. The number of amides is 3. The van der Waals surface area contributed by atoms with E-state index in [-0.39, 0.29) is 29.7 Å². The lowest BCUT2D eigenvalue weighted by atomic mass is 10.1. The van der Waals surface area contributed by atoms with Gasteiger partial charge in [-0.15, -0.1) is 0 Å². The summed E-state index contributed by atoms with van der Waals surface area (Å²) in [6.45, 7) is 7.37. The Kier molecular flexibility index (Phi) is 5.10. The van der Waals surface area contributed by atoms with Crippen LogP contribution in [0.2, 0.25) is 5.02 Å². The predicted molar refractivity (Wildman–Crippen MR) is 116 cm³/mol. The summed E-state index contributed by atoms with van der Waals surface area (Å²) in [5.74, 6) is 0.0712. The number of fused-ring (bicyclic) bond motifs is 2. The molecule has 2 unspecified atom stereocenters. The van der Waals surface area contributed by atoms with Gasteiger partial charge in [-0.1, -0.05) is 11.6 Å². The Morgan fingerprint density at radius 1 is 1.23 bits per heavy atom. The number of hydrogen-bond donors (Lipinski definition) is 2. The van der Waals surface area contributed by atoms with Gasteiger partial charge in [-0.05, 0) is 45.4 Å². The first kappa shape index (κ1) is 20.3. The van der Waals surface area contributed by atoms with Gasteiger partial charge in [-0.25, -0.2) is 9.78 Å². The molecule has 10 heteroatoms. The molecule has 3 aliphatic heterocycles. The highest BCUT2D eigenvalue weighted by Crippen LogP contribution is 2.37. The van der Waals surface area contributed by atoms with E-state index >= 15 is 0 Å². The number of pyridine rings is 1. The summed E-state index contributed by atoms with van der Waals surface area (Å²) >= 11 is 5.85. The lowest BCUT2D eigenvalue weighted by Gasteiger charge is -2.44. The molecule has 2 aromatic heterocycles. The number of H-pyrrole nitrogens is 1.